The van der Waals surface area contributed by atoms with Crippen LogP contribution in [0.1, 0.15) is 38.1 Å². The van der Waals surface area contributed by atoms with E-state index in [1.54, 1.807) is 0 Å². The van der Waals surface area contributed by atoms with Crippen molar-refractivity contribution in [3.63, 3.8) is 0 Å². The fourth-order valence-electron chi connectivity index (χ4n) is 2.76. The minimum Gasteiger partial charge on any atom is -0.369 e. The molecule has 1 saturated heterocycles. The summed E-state index contributed by atoms with van der Waals surface area (Å²) in [5.41, 5.74) is 9.00. The maximum absolute atomic E-state index is 11.5. The van der Waals surface area contributed by atoms with E-state index in [0.29, 0.717) is 18.4 Å². The molecule has 2 heterocycles. The summed E-state index contributed by atoms with van der Waals surface area (Å²) < 4.78 is 0. The zero-order valence-electron chi connectivity index (χ0n) is 12.9. The van der Waals surface area contributed by atoms with Crippen molar-refractivity contribution >= 4 is 17.5 Å². The third-order valence-electron chi connectivity index (χ3n) is 4.18. The van der Waals surface area contributed by atoms with Gasteiger partial charge in [-0.25, -0.2) is 15.8 Å². The van der Waals surface area contributed by atoms with E-state index in [-0.39, 0.29) is 11.8 Å². The number of nitrogen functional groups attached to an aromatic ring is 1. The minimum atomic E-state index is -0.244. The Labute approximate surface area is 125 Å². The van der Waals surface area contributed by atoms with Crippen LogP contribution in [0.4, 0.5) is 11.6 Å². The van der Waals surface area contributed by atoms with Gasteiger partial charge in [-0.2, -0.15) is 0 Å². The predicted molar refractivity (Wildman–Crippen MR) is 82.7 cm³/mol. The van der Waals surface area contributed by atoms with Gasteiger partial charge in [0.25, 0.3) is 0 Å². The van der Waals surface area contributed by atoms with Gasteiger partial charge in [0.15, 0.2) is 0 Å². The standard InChI is InChI=1S/C14H24N6O/c1-4-11-17-13(19-16)9(3)14(18-11)20-7-10(12(15)21)6-5-8(20)2/h8,10H,4-7,16H2,1-3H3,(H2,15,21)(H,17,18,19). The van der Waals surface area contributed by atoms with Crippen LogP contribution in [0.15, 0.2) is 0 Å². The van der Waals surface area contributed by atoms with Crippen LogP contribution in [0.3, 0.4) is 0 Å². The first kappa shape index (κ1) is 15.5. The molecule has 2 rings (SSSR count). The number of hydrazine groups is 1. The van der Waals surface area contributed by atoms with Crippen molar-refractivity contribution in [3.05, 3.63) is 11.4 Å². The quantitative estimate of drug-likeness (QED) is 0.557. The van der Waals surface area contributed by atoms with E-state index in [4.69, 9.17) is 11.6 Å². The molecule has 2 atom stereocenters. The van der Waals surface area contributed by atoms with E-state index >= 15 is 0 Å². The number of primary amides is 1. The van der Waals surface area contributed by atoms with Gasteiger partial charge in [-0.15, -0.1) is 0 Å². The fourth-order valence-corrected chi connectivity index (χ4v) is 2.76. The van der Waals surface area contributed by atoms with Crippen LogP contribution in [0, 0.1) is 12.8 Å². The Kier molecular flexibility index (Phi) is 4.62. The molecule has 5 N–H and O–H groups in total. The molecule has 116 valence electrons. The highest BCUT2D eigenvalue weighted by atomic mass is 16.1. The van der Waals surface area contributed by atoms with Crippen molar-refractivity contribution < 1.29 is 4.79 Å². The van der Waals surface area contributed by atoms with Gasteiger partial charge in [-0.05, 0) is 26.7 Å². The largest absolute Gasteiger partial charge is 0.369 e. The van der Waals surface area contributed by atoms with Crippen LogP contribution >= 0.6 is 0 Å². The number of anilines is 2. The van der Waals surface area contributed by atoms with Gasteiger partial charge in [0.2, 0.25) is 5.91 Å². The van der Waals surface area contributed by atoms with Gasteiger partial charge in [0.1, 0.15) is 17.5 Å². The number of nitrogens with zero attached hydrogens (tertiary/aromatic N) is 3. The Balaban J connectivity index is 2.40. The number of carbonyl (C=O) groups excluding carboxylic acids is 1. The number of rotatable bonds is 4. The van der Waals surface area contributed by atoms with Crippen LogP contribution in [0.25, 0.3) is 0 Å². The molecule has 7 heteroatoms. The minimum absolute atomic E-state index is 0.130. The van der Waals surface area contributed by atoms with Crippen molar-refractivity contribution in [2.45, 2.75) is 46.1 Å². The fraction of sp³-hybridized carbons (Fsp3) is 0.643. The van der Waals surface area contributed by atoms with Crippen molar-refractivity contribution in [3.8, 4) is 0 Å². The third-order valence-corrected chi connectivity index (χ3v) is 4.18. The second kappa shape index (κ2) is 6.26. The molecular formula is C14H24N6O. The van der Waals surface area contributed by atoms with E-state index < -0.39 is 0 Å². The summed E-state index contributed by atoms with van der Waals surface area (Å²) in [5.74, 6) is 7.38. The molecule has 7 nitrogen and oxygen atoms in total. The molecular weight excluding hydrogens is 268 g/mol. The summed E-state index contributed by atoms with van der Waals surface area (Å²) >= 11 is 0. The van der Waals surface area contributed by atoms with Gasteiger partial charge >= 0.3 is 0 Å². The molecule has 1 aliphatic heterocycles. The summed E-state index contributed by atoms with van der Waals surface area (Å²) in [4.78, 5) is 22.7. The topological polar surface area (TPSA) is 110 Å². The second-order valence-electron chi connectivity index (χ2n) is 5.61. The van der Waals surface area contributed by atoms with E-state index in [1.165, 1.54) is 0 Å². The van der Waals surface area contributed by atoms with Crippen LogP contribution in [-0.4, -0.2) is 28.5 Å². The smallest absolute Gasteiger partial charge is 0.222 e. The van der Waals surface area contributed by atoms with E-state index in [1.807, 2.05) is 13.8 Å². The molecule has 1 fully saturated rings. The van der Waals surface area contributed by atoms with Gasteiger partial charge in [-0.1, -0.05) is 6.92 Å². The van der Waals surface area contributed by atoms with E-state index in [0.717, 1.165) is 36.5 Å². The lowest BCUT2D eigenvalue weighted by atomic mass is 9.92. The zero-order chi connectivity index (χ0) is 15.6. The Morgan fingerprint density at radius 3 is 2.71 bits per heavy atom. The number of aryl methyl sites for hydroxylation is 1. The van der Waals surface area contributed by atoms with E-state index in [2.05, 4.69) is 27.2 Å². The molecule has 0 aromatic carbocycles. The number of aromatic nitrogens is 2. The first-order chi connectivity index (χ1) is 9.97. The third kappa shape index (κ3) is 3.07. The van der Waals surface area contributed by atoms with Gasteiger partial charge in [0.05, 0.1) is 5.92 Å². The lowest BCUT2D eigenvalue weighted by molar-refractivity contribution is -0.122. The van der Waals surface area contributed by atoms with Gasteiger partial charge in [-0.3, -0.25) is 4.79 Å². The summed E-state index contributed by atoms with van der Waals surface area (Å²) in [7, 11) is 0. The Hall–Kier alpha value is -1.89. The number of piperidine rings is 1. The van der Waals surface area contributed by atoms with Gasteiger partial charge < -0.3 is 16.1 Å². The Morgan fingerprint density at radius 1 is 1.43 bits per heavy atom. The number of nitrogens with two attached hydrogens (primary N) is 2. The molecule has 0 saturated carbocycles. The highest BCUT2D eigenvalue weighted by Gasteiger charge is 2.31. The number of amides is 1. The molecule has 1 aromatic heterocycles. The molecule has 0 bridgehead atoms. The number of hydrogen-bond acceptors (Lipinski definition) is 6. The van der Waals surface area contributed by atoms with Gasteiger partial charge in [0, 0.05) is 24.6 Å². The molecule has 1 aromatic rings. The van der Waals surface area contributed by atoms with Crippen LogP contribution < -0.4 is 21.9 Å². The molecule has 1 amide bonds. The first-order valence-corrected chi connectivity index (χ1v) is 7.38. The lowest BCUT2D eigenvalue weighted by Crippen LogP contribution is -2.46. The molecule has 0 aliphatic carbocycles. The summed E-state index contributed by atoms with van der Waals surface area (Å²) in [5, 5.41) is 0. The molecule has 2 unspecified atom stereocenters. The Morgan fingerprint density at radius 2 is 2.14 bits per heavy atom. The number of hydrogen-bond donors (Lipinski definition) is 3. The Bertz CT molecular complexity index is 532. The maximum Gasteiger partial charge on any atom is 0.222 e. The van der Waals surface area contributed by atoms with Crippen molar-refractivity contribution in [1.29, 1.82) is 0 Å². The average molecular weight is 292 g/mol. The van der Waals surface area contributed by atoms with Crippen LogP contribution in [0.5, 0.6) is 0 Å². The average Bonchev–Trinajstić information content (AvgIpc) is 2.48. The zero-order valence-corrected chi connectivity index (χ0v) is 12.9. The SMILES string of the molecule is CCc1nc(NN)c(C)c(N2CC(C(N)=O)CCC2C)n1. The van der Waals surface area contributed by atoms with Crippen molar-refractivity contribution in [1.82, 2.24) is 9.97 Å². The maximum atomic E-state index is 11.5. The summed E-state index contributed by atoms with van der Waals surface area (Å²) in [6.07, 6.45) is 2.48. The van der Waals surface area contributed by atoms with Crippen molar-refractivity contribution in [2.75, 3.05) is 16.9 Å². The second-order valence-corrected chi connectivity index (χ2v) is 5.61. The molecule has 0 radical (unpaired) electrons. The summed E-state index contributed by atoms with van der Waals surface area (Å²) in [6, 6.07) is 0.310. The number of carbonyl (C=O) groups is 1. The normalized spacial score (nSPS) is 22.2. The lowest BCUT2D eigenvalue weighted by Gasteiger charge is -2.38. The monoisotopic (exact) mass is 292 g/mol. The summed E-state index contributed by atoms with van der Waals surface area (Å²) in [6.45, 7) is 6.67. The first-order valence-electron chi connectivity index (χ1n) is 7.38. The predicted octanol–water partition coefficient (Wildman–Crippen LogP) is 0.723. The van der Waals surface area contributed by atoms with Crippen LogP contribution in [0.2, 0.25) is 0 Å². The highest BCUT2D eigenvalue weighted by Crippen LogP contribution is 2.30. The molecule has 0 spiro atoms. The molecule has 21 heavy (non-hydrogen) atoms. The van der Waals surface area contributed by atoms with Crippen molar-refractivity contribution in [2.24, 2.45) is 17.5 Å². The number of nitrogens with one attached hydrogen (secondary N) is 1. The molecule has 1 aliphatic rings. The van der Waals surface area contributed by atoms with E-state index in [9.17, 15) is 4.79 Å². The van der Waals surface area contributed by atoms with Crippen LogP contribution in [-0.2, 0) is 11.2 Å². The highest BCUT2D eigenvalue weighted by molar-refractivity contribution is 5.77.